The van der Waals surface area contributed by atoms with Gasteiger partial charge in [-0.25, -0.2) is 0 Å². The highest BCUT2D eigenvalue weighted by molar-refractivity contribution is 7.76. The van der Waals surface area contributed by atoms with E-state index in [0.717, 1.165) is 5.56 Å². The van der Waals surface area contributed by atoms with Crippen LogP contribution in [0.3, 0.4) is 0 Å². The first-order valence-corrected chi connectivity index (χ1v) is 9.37. The van der Waals surface area contributed by atoms with Gasteiger partial charge in [-0.05, 0) is 12.1 Å². The van der Waals surface area contributed by atoms with Gasteiger partial charge in [-0.1, -0.05) is 43.8 Å². The van der Waals surface area contributed by atoms with E-state index in [-0.39, 0.29) is 0 Å². The molecular formula is C11H16NO2SSi-. The van der Waals surface area contributed by atoms with Gasteiger partial charge in [0, 0.05) is 16.8 Å². The van der Waals surface area contributed by atoms with Crippen molar-refractivity contribution in [2.45, 2.75) is 19.6 Å². The molecule has 88 valence electrons. The van der Waals surface area contributed by atoms with E-state index in [1.54, 1.807) is 0 Å². The minimum atomic E-state index is -2.36. The van der Waals surface area contributed by atoms with Crippen LogP contribution in [0, 0.1) is 11.5 Å². The highest BCUT2D eigenvalue weighted by atomic mass is 32.2. The summed E-state index contributed by atoms with van der Waals surface area (Å²) in [5, 5.41) is 4.03. The van der Waals surface area contributed by atoms with E-state index in [1.165, 1.54) is 0 Å². The molecule has 5 heteroatoms. The summed E-state index contributed by atoms with van der Waals surface area (Å²) in [6, 6.07) is 10.2. The van der Waals surface area contributed by atoms with Crippen LogP contribution in [0.5, 0.6) is 0 Å². The normalized spacial score (nSPS) is 11.6. The van der Waals surface area contributed by atoms with E-state index in [0.29, 0.717) is 0 Å². The van der Waals surface area contributed by atoms with Crippen LogP contribution in [-0.2, 0) is 11.3 Å². The fourth-order valence-corrected chi connectivity index (χ4v) is 1.30. The standard InChI is InChI=1S/C11H14Si.H3NO2S/c1-12(2,3)10-9-11-7-5-4-6-8-11;1-4(2)3/h4-8H,1-3H3;1H2,(H,2,3)/p-1. The quantitative estimate of drug-likeness (QED) is 0.434. The van der Waals surface area contributed by atoms with Crippen molar-refractivity contribution >= 4 is 19.3 Å². The highest BCUT2D eigenvalue weighted by Gasteiger charge is 2.06. The van der Waals surface area contributed by atoms with E-state index >= 15 is 0 Å². The van der Waals surface area contributed by atoms with Gasteiger partial charge >= 0.3 is 0 Å². The maximum absolute atomic E-state index is 8.78. The molecule has 0 saturated heterocycles. The van der Waals surface area contributed by atoms with Crippen molar-refractivity contribution in [1.29, 1.82) is 0 Å². The molecule has 0 aliphatic carbocycles. The third kappa shape index (κ3) is 11.1. The summed E-state index contributed by atoms with van der Waals surface area (Å²) in [7, 11) is -1.20. The lowest BCUT2D eigenvalue weighted by atomic mass is 10.2. The van der Waals surface area contributed by atoms with Crippen LogP contribution in [0.4, 0.5) is 0 Å². The number of hydrogen-bond acceptors (Lipinski definition) is 2. The Morgan fingerprint density at radius 2 is 1.69 bits per heavy atom. The fourth-order valence-electron chi connectivity index (χ4n) is 0.781. The van der Waals surface area contributed by atoms with Crippen LogP contribution < -0.4 is 5.14 Å². The van der Waals surface area contributed by atoms with E-state index < -0.39 is 19.3 Å². The SMILES string of the molecule is C[Si](C)(C)C#Cc1ccccc1.NS(=O)[O-]. The molecule has 0 aliphatic heterocycles. The number of rotatable bonds is 0. The van der Waals surface area contributed by atoms with Crippen molar-refractivity contribution in [2.24, 2.45) is 5.14 Å². The van der Waals surface area contributed by atoms with Crippen LogP contribution in [0.15, 0.2) is 30.3 Å². The molecule has 1 unspecified atom stereocenters. The number of benzene rings is 1. The molecule has 0 spiro atoms. The van der Waals surface area contributed by atoms with Crippen molar-refractivity contribution in [3.05, 3.63) is 35.9 Å². The lowest BCUT2D eigenvalue weighted by Gasteiger charge is -2.02. The molecule has 0 saturated carbocycles. The van der Waals surface area contributed by atoms with Gasteiger partial charge in [-0.3, -0.25) is 9.35 Å². The Bertz CT molecular complexity index is 386. The van der Waals surface area contributed by atoms with E-state index in [1.807, 2.05) is 30.3 Å². The van der Waals surface area contributed by atoms with Crippen LogP contribution in [0.1, 0.15) is 5.56 Å². The first-order chi connectivity index (χ1) is 7.31. The number of nitrogens with two attached hydrogens (primary N) is 1. The molecule has 1 rings (SSSR count). The smallest absolute Gasteiger partial charge is 0.129 e. The van der Waals surface area contributed by atoms with E-state index in [4.69, 9.17) is 8.76 Å². The molecule has 2 N–H and O–H groups in total. The summed E-state index contributed by atoms with van der Waals surface area (Å²) in [6.45, 7) is 6.76. The molecule has 0 heterocycles. The lowest BCUT2D eigenvalue weighted by molar-refractivity contribution is 0.539. The maximum atomic E-state index is 8.78. The van der Waals surface area contributed by atoms with Crippen molar-refractivity contribution in [1.82, 2.24) is 0 Å². The van der Waals surface area contributed by atoms with Gasteiger partial charge in [0.25, 0.3) is 0 Å². The Morgan fingerprint density at radius 1 is 1.25 bits per heavy atom. The Hall–Kier alpha value is -0.933. The zero-order chi connectivity index (χ0) is 12.6. The van der Waals surface area contributed by atoms with Crippen LogP contribution in [0.2, 0.25) is 19.6 Å². The summed E-state index contributed by atoms with van der Waals surface area (Å²) in [4.78, 5) is 0. The van der Waals surface area contributed by atoms with Crippen molar-refractivity contribution in [2.75, 3.05) is 0 Å². The van der Waals surface area contributed by atoms with E-state index in [9.17, 15) is 0 Å². The van der Waals surface area contributed by atoms with Crippen molar-refractivity contribution < 1.29 is 8.76 Å². The second kappa shape index (κ2) is 7.36. The molecule has 0 aliphatic rings. The topological polar surface area (TPSA) is 66.2 Å². The average molecular weight is 254 g/mol. The zero-order valence-corrected chi connectivity index (χ0v) is 11.5. The van der Waals surface area contributed by atoms with Crippen LogP contribution >= 0.6 is 0 Å². The first-order valence-electron chi connectivity index (χ1n) is 4.73. The van der Waals surface area contributed by atoms with Gasteiger partial charge < -0.3 is 4.55 Å². The number of hydrogen-bond donors (Lipinski definition) is 1. The molecular weight excluding hydrogens is 238 g/mol. The van der Waals surface area contributed by atoms with Crippen LogP contribution in [-0.4, -0.2) is 16.8 Å². The van der Waals surface area contributed by atoms with E-state index in [2.05, 4.69) is 36.2 Å². The van der Waals surface area contributed by atoms with Crippen LogP contribution in [0.25, 0.3) is 0 Å². The maximum Gasteiger partial charge on any atom is 0.129 e. The molecule has 1 atom stereocenters. The second-order valence-electron chi connectivity index (χ2n) is 4.13. The Balaban J connectivity index is 0.000000487. The highest BCUT2D eigenvalue weighted by Crippen LogP contribution is 1.99. The van der Waals surface area contributed by atoms with Gasteiger partial charge in [0.05, 0.1) is 0 Å². The molecule has 0 amide bonds. The van der Waals surface area contributed by atoms with Crippen molar-refractivity contribution in [3.63, 3.8) is 0 Å². The van der Waals surface area contributed by atoms with Gasteiger partial charge in [0.2, 0.25) is 0 Å². The largest absolute Gasteiger partial charge is 0.760 e. The predicted molar refractivity (Wildman–Crippen MR) is 69.8 cm³/mol. The Morgan fingerprint density at radius 3 is 2.06 bits per heavy atom. The molecule has 16 heavy (non-hydrogen) atoms. The lowest BCUT2D eigenvalue weighted by Crippen LogP contribution is -2.16. The molecule has 1 aromatic rings. The fraction of sp³-hybridized carbons (Fsp3) is 0.273. The molecule has 0 fully saturated rings. The monoisotopic (exact) mass is 254 g/mol. The summed E-state index contributed by atoms with van der Waals surface area (Å²) >= 11 is -2.36. The molecule has 1 aromatic carbocycles. The van der Waals surface area contributed by atoms with Gasteiger partial charge in [-0.2, -0.15) is 0 Å². The minimum Gasteiger partial charge on any atom is -0.760 e. The molecule has 0 aromatic heterocycles. The van der Waals surface area contributed by atoms with Gasteiger partial charge in [0.15, 0.2) is 0 Å². The Labute approximate surface area is 100 Å². The molecule has 0 bridgehead atoms. The summed E-state index contributed by atoms with van der Waals surface area (Å²) in [5.74, 6) is 3.20. The minimum absolute atomic E-state index is 1.12. The summed E-state index contributed by atoms with van der Waals surface area (Å²) in [6.07, 6.45) is 0. The zero-order valence-electron chi connectivity index (χ0n) is 9.69. The third-order valence-electron chi connectivity index (χ3n) is 1.36. The predicted octanol–water partition coefficient (Wildman–Crippen LogP) is 1.65. The third-order valence-corrected chi connectivity index (χ3v) is 2.23. The summed E-state index contributed by atoms with van der Waals surface area (Å²) in [5.41, 5.74) is 4.45. The van der Waals surface area contributed by atoms with Gasteiger partial charge in [0.1, 0.15) is 8.07 Å². The summed E-state index contributed by atoms with van der Waals surface area (Å²) < 4.78 is 17.6. The molecule has 0 radical (unpaired) electrons. The average Bonchev–Trinajstić information content (AvgIpc) is 2.14. The molecule has 3 nitrogen and oxygen atoms in total. The second-order valence-corrected chi connectivity index (χ2v) is 9.40. The first kappa shape index (κ1) is 15.1. The van der Waals surface area contributed by atoms with Crippen molar-refractivity contribution in [3.8, 4) is 11.5 Å². The van der Waals surface area contributed by atoms with Gasteiger partial charge in [-0.15, -0.1) is 5.54 Å². The Kier molecular flexibility index (Phi) is 6.93.